The normalized spacial score (nSPS) is 17.7. The molecule has 0 N–H and O–H groups in total. The van der Waals surface area contributed by atoms with Crippen LogP contribution in [0.25, 0.3) is 0 Å². The molecular weight excluding hydrogens is 188 g/mol. The first kappa shape index (κ1) is 9.11. The highest BCUT2D eigenvalue weighted by Crippen LogP contribution is 2.07. The molecule has 2 aliphatic rings. The number of carbonyl (C=O) groups excluding carboxylic acids is 2. The summed E-state index contributed by atoms with van der Waals surface area (Å²) in [6, 6.07) is 0. The van der Waals surface area contributed by atoms with E-state index in [1.54, 1.807) is 9.80 Å². The minimum Gasteiger partial charge on any atom is -0.446 e. The maximum atomic E-state index is 10.9. The molecule has 0 aliphatic carbocycles. The lowest BCUT2D eigenvalue weighted by Gasteiger charge is -2.06. The Bertz CT molecular complexity index is 222. The van der Waals surface area contributed by atoms with Crippen molar-refractivity contribution >= 4 is 12.2 Å². The molecule has 0 spiro atoms. The van der Waals surface area contributed by atoms with Crippen molar-refractivity contribution < 1.29 is 19.1 Å². The second-order valence-electron chi connectivity index (χ2n) is 3.20. The van der Waals surface area contributed by atoms with Crippen molar-refractivity contribution in [1.29, 1.82) is 0 Å². The molecule has 6 nitrogen and oxygen atoms in total. The van der Waals surface area contributed by atoms with E-state index < -0.39 is 0 Å². The van der Waals surface area contributed by atoms with Crippen LogP contribution in [0.3, 0.4) is 0 Å². The lowest BCUT2D eigenvalue weighted by Crippen LogP contribution is -2.19. The summed E-state index contributed by atoms with van der Waals surface area (Å²) in [4.78, 5) is 25.0. The van der Waals surface area contributed by atoms with Gasteiger partial charge in [-0.25, -0.2) is 9.59 Å². The van der Waals surface area contributed by atoms with Crippen LogP contribution in [-0.2, 0) is 9.47 Å². The van der Waals surface area contributed by atoms with Crippen LogP contribution in [0.4, 0.5) is 9.59 Å². The van der Waals surface area contributed by atoms with Gasteiger partial charge in [0.2, 0.25) is 0 Å². The van der Waals surface area contributed by atoms with Gasteiger partial charge < -0.3 is 19.3 Å². The van der Waals surface area contributed by atoms with E-state index in [9.17, 15) is 9.59 Å². The summed E-state index contributed by atoms with van der Waals surface area (Å²) >= 11 is 0. The fraction of sp³-hybridized carbons (Fsp3) is 0.750. The van der Waals surface area contributed by atoms with Crippen molar-refractivity contribution in [2.24, 2.45) is 0 Å². The van der Waals surface area contributed by atoms with Gasteiger partial charge in [0.25, 0.3) is 0 Å². The maximum absolute atomic E-state index is 10.9. The van der Waals surface area contributed by atoms with E-state index in [2.05, 4.69) is 0 Å². The van der Waals surface area contributed by atoms with E-state index in [-0.39, 0.29) is 25.4 Å². The predicted octanol–water partition coefficient (Wildman–Crippen LogP) is -0.109. The predicted molar refractivity (Wildman–Crippen MR) is 45.8 cm³/mol. The molecule has 0 aromatic heterocycles. The summed E-state index contributed by atoms with van der Waals surface area (Å²) in [5.74, 6) is 0. The first-order valence-corrected chi connectivity index (χ1v) is 4.61. The summed E-state index contributed by atoms with van der Waals surface area (Å²) in [5.41, 5.74) is 0. The van der Waals surface area contributed by atoms with Gasteiger partial charge in [0.05, 0.1) is 0 Å². The fourth-order valence-electron chi connectivity index (χ4n) is 0.906. The molecule has 0 aromatic carbocycles. The Morgan fingerprint density at radius 3 is 1.50 bits per heavy atom. The van der Waals surface area contributed by atoms with Crippen molar-refractivity contribution in [3.05, 3.63) is 0 Å². The molecule has 2 heterocycles. The highest BCUT2D eigenvalue weighted by molar-refractivity contribution is 5.70. The largest absolute Gasteiger partial charge is 0.446 e. The number of ether oxygens (including phenoxy) is 2. The molecule has 2 rings (SSSR count). The number of carbonyl (C=O) groups is 2. The summed E-state index contributed by atoms with van der Waals surface area (Å²) in [5, 5.41) is 0. The van der Waals surface area contributed by atoms with Crippen LogP contribution in [0.15, 0.2) is 0 Å². The molecule has 2 amide bonds. The number of rotatable bonds is 3. The Morgan fingerprint density at radius 1 is 0.857 bits per heavy atom. The van der Waals surface area contributed by atoms with Crippen molar-refractivity contribution in [1.82, 2.24) is 9.80 Å². The zero-order valence-corrected chi connectivity index (χ0v) is 7.77. The molecule has 6 heteroatoms. The van der Waals surface area contributed by atoms with E-state index in [0.29, 0.717) is 0 Å². The summed E-state index contributed by atoms with van der Waals surface area (Å²) < 4.78 is 9.62. The molecule has 2 fully saturated rings. The summed E-state index contributed by atoms with van der Waals surface area (Å²) in [7, 11) is 0. The first-order chi connectivity index (χ1) is 6.77. The number of hydrogen-bond donors (Lipinski definition) is 0. The SMILES string of the molecule is O=C(OCCOC(=O)N1CC1)N1CC1. The van der Waals surface area contributed by atoms with E-state index in [1.807, 2.05) is 0 Å². The highest BCUT2D eigenvalue weighted by Gasteiger charge is 2.27. The molecule has 0 saturated carbocycles. The molecule has 0 radical (unpaired) electrons. The van der Waals surface area contributed by atoms with Gasteiger partial charge in [0.1, 0.15) is 13.2 Å². The second kappa shape index (κ2) is 3.73. The Morgan fingerprint density at radius 2 is 1.21 bits per heavy atom. The Balaban J connectivity index is 1.49. The number of nitrogens with zero attached hydrogens (tertiary/aromatic N) is 2. The molecule has 2 aliphatic heterocycles. The number of hydrogen-bond acceptors (Lipinski definition) is 4. The summed E-state index contributed by atoms with van der Waals surface area (Å²) in [6.45, 7) is 3.35. The van der Waals surface area contributed by atoms with Crippen LogP contribution in [0.1, 0.15) is 0 Å². The van der Waals surface area contributed by atoms with Gasteiger partial charge in [-0.15, -0.1) is 0 Å². The minimum atomic E-state index is -0.326. The topological polar surface area (TPSA) is 58.6 Å². The van der Waals surface area contributed by atoms with Gasteiger partial charge in [0.15, 0.2) is 0 Å². The van der Waals surface area contributed by atoms with Gasteiger partial charge in [-0.3, -0.25) is 0 Å². The van der Waals surface area contributed by atoms with Crippen LogP contribution in [-0.4, -0.2) is 61.4 Å². The number of amides is 2. The molecule has 0 atom stereocenters. The van der Waals surface area contributed by atoms with Gasteiger partial charge in [-0.2, -0.15) is 0 Å². The lowest BCUT2D eigenvalue weighted by atomic mass is 10.8. The monoisotopic (exact) mass is 200 g/mol. The smallest absolute Gasteiger partial charge is 0.410 e. The van der Waals surface area contributed by atoms with Crippen LogP contribution >= 0.6 is 0 Å². The average molecular weight is 200 g/mol. The van der Waals surface area contributed by atoms with Gasteiger partial charge >= 0.3 is 12.2 Å². The van der Waals surface area contributed by atoms with Crippen LogP contribution < -0.4 is 0 Å². The average Bonchev–Trinajstić information content (AvgIpc) is 3.06. The Labute approximate surface area is 81.4 Å². The molecule has 0 unspecified atom stereocenters. The minimum absolute atomic E-state index is 0.134. The van der Waals surface area contributed by atoms with Gasteiger partial charge in [0, 0.05) is 26.2 Å². The quantitative estimate of drug-likeness (QED) is 0.471. The van der Waals surface area contributed by atoms with Crippen LogP contribution in [0.5, 0.6) is 0 Å². The van der Waals surface area contributed by atoms with E-state index in [1.165, 1.54) is 0 Å². The van der Waals surface area contributed by atoms with Crippen molar-refractivity contribution in [2.75, 3.05) is 39.4 Å². The third kappa shape index (κ3) is 2.51. The van der Waals surface area contributed by atoms with Crippen molar-refractivity contribution in [2.45, 2.75) is 0 Å². The van der Waals surface area contributed by atoms with E-state index in [0.717, 1.165) is 26.2 Å². The summed E-state index contributed by atoms with van der Waals surface area (Å²) in [6.07, 6.45) is -0.652. The first-order valence-electron chi connectivity index (χ1n) is 4.61. The van der Waals surface area contributed by atoms with Crippen LogP contribution in [0.2, 0.25) is 0 Å². The Hall–Kier alpha value is -1.46. The van der Waals surface area contributed by atoms with Crippen molar-refractivity contribution in [3.8, 4) is 0 Å². The zero-order valence-electron chi connectivity index (χ0n) is 7.77. The molecule has 0 bridgehead atoms. The molecule has 0 aromatic rings. The van der Waals surface area contributed by atoms with Crippen LogP contribution in [0, 0.1) is 0 Å². The lowest BCUT2D eigenvalue weighted by molar-refractivity contribution is 0.0824. The maximum Gasteiger partial charge on any atom is 0.410 e. The second-order valence-corrected chi connectivity index (χ2v) is 3.20. The standard InChI is InChI=1S/C8H12N2O4/c11-7(9-1-2-9)13-5-6-14-8(12)10-3-4-10/h1-6H2. The van der Waals surface area contributed by atoms with E-state index in [4.69, 9.17) is 9.47 Å². The third-order valence-corrected chi connectivity index (χ3v) is 1.95. The van der Waals surface area contributed by atoms with Gasteiger partial charge in [-0.1, -0.05) is 0 Å². The van der Waals surface area contributed by atoms with E-state index >= 15 is 0 Å². The van der Waals surface area contributed by atoms with Gasteiger partial charge in [-0.05, 0) is 0 Å². The third-order valence-electron chi connectivity index (χ3n) is 1.95. The molecular formula is C8H12N2O4. The zero-order chi connectivity index (χ0) is 9.97. The Kier molecular flexibility index (Phi) is 2.43. The van der Waals surface area contributed by atoms with Crippen molar-refractivity contribution in [3.63, 3.8) is 0 Å². The highest BCUT2D eigenvalue weighted by atomic mass is 16.6. The molecule has 14 heavy (non-hydrogen) atoms. The molecule has 2 saturated heterocycles. The fourth-order valence-corrected chi connectivity index (χ4v) is 0.906. The molecule has 78 valence electrons.